The highest BCUT2D eigenvalue weighted by atomic mass is 32.1. The number of carbonyl (C=O) groups is 2. The molecule has 27 heavy (non-hydrogen) atoms. The fourth-order valence-corrected chi connectivity index (χ4v) is 4.08. The number of hydrogen-bond donors (Lipinski definition) is 1. The molecular formula is C20H22N2O4S. The second-order valence-corrected chi connectivity index (χ2v) is 7.67. The second kappa shape index (κ2) is 8.10. The molecule has 0 bridgehead atoms. The maximum Gasteiger partial charge on any atom is 0.262 e. The summed E-state index contributed by atoms with van der Waals surface area (Å²) in [6.07, 6.45) is 2.44. The lowest BCUT2D eigenvalue weighted by molar-refractivity contribution is -0.132. The van der Waals surface area contributed by atoms with Crippen molar-refractivity contribution in [2.45, 2.75) is 31.9 Å². The third kappa shape index (κ3) is 4.48. The predicted octanol–water partition coefficient (Wildman–Crippen LogP) is 2.83. The van der Waals surface area contributed by atoms with Crippen LogP contribution in [0.15, 0.2) is 35.0 Å². The topological polar surface area (TPSA) is 67.9 Å². The van der Waals surface area contributed by atoms with Crippen LogP contribution >= 0.6 is 11.3 Å². The molecule has 142 valence electrons. The van der Waals surface area contributed by atoms with Crippen molar-refractivity contribution in [1.82, 2.24) is 4.90 Å². The van der Waals surface area contributed by atoms with Crippen LogP contribution in [0.3, 0.4) is 0 Å². The number of rotatable bonds is 6. The first-order valence-electron chi connectivity index (χ1n) is 9.13. The molecular weight excluding hydrogens is 364 g/mol. The molecule has 2 aliphatic heterocycles. The summed E-state index contributed by atoms with van der Waals surface area (Å²) in [5.74, 6) is 0.517. The van der Waals surface area contributed by atoms with E-state index in [1.165, 1.54) is 0 Å². The van der Waals surface area contributed by atoms with Crippen LogP contribution in [0, 0.1) is 0 Å². The van der Waals surface area contributed by atoms with Gasteiger partial charge in [0, 0.05) is 19.7 Å². The fraction of sp³-hybridized carbons (Fsp3) is 0.400. The van der Waals surface area contributed by atoms with Crippen LogP contribution < -0.4 is 10.1 Å². The lowest BCUT2D eigenvalue weighted by Gasteiger charge is -2.26. The summed E-state index contributed by atoms with van der Waals surface area (Å²) in [7, 11) is 0. The van der Waals surface area contributed by atoms with Crippen LogP contribution in [-0.4, -0.2) is 42.6 Å². The van der Waals surface area contributed by atoms with Gasteiger partial charge in [0.15, 0.2) is 6.61 Å². The molecule has 1 aromatic heterocycles. The second-order valence-electron chi connectivity index (χ2n) is 6.89. The van der Waals surface area contributed by atoms with Gasteiger partial charge in [-0.1, -0.05) is 6.07 Å². The molecule has 1 fully saturated rings. The molecule has 2 aromatic rings. The summed E-state index contributed by atoms with van der Waals surface area (Å²) >= 11 is 1.63. The monoisotopic (exact) mass is 386 g/mol. The third-order valence-electron chi connectivity index (χ3n) is 4.79. The number of fused-ring (bicyclic) bond motifs is 1. The third-order valence-corrected chi connectivity index (χ3v) is 5.52. The SMILES string of the molecule is O=C1COc2ccc(CC(=O)N(Cc3ccsc3)C[C@@H]3CCCO3)cc2N1. The smallest absolute Gasteiger partial charge is 0.262 e. The molecule has 1 saturated heterocycles. The molecule has 0 unspecified atom stereocenters. The summed E-state index contributed by atoms with van der Waals surface area (Å²) in [4.78, 5) is 26.4. The maximum absolute atomic E-state index is 13.0. The van der Waals surface area contributed by atoms with Crippen molar-refractivity contribution in [3.63, 3.8) is 0 Å². The number of carbonyl (C=O) groups excluding carboxylic acids is 2. The summed E-state index contributed by atoms with van der Waals surface area (Å²) in [6, 6.07) is 7.55. The van der Waals surface area contributed by atoms with Gasteiger partial charge >= 0.3 is 0 Å². The Morgan fingerprint density at radius 2 is 2.22 bits per heavy atom. The van der Waals surface area contributed by atoms with E-state index in [4.69, 9.17) is 9.47 Å². The zero-order valence-electron chi connectivity index (χ0n) is 15.0. The van der Waals surface area contributed by atoms with Crippen molar-refractivity contribution >= 4 is 28.8 Å². The van der Waals surface area contributed by atoms with E-state index in [0.717, 1.165) is 30.6 Å². The largest absolute Gasteiger partial charge is 0.482 e. The van der Waals surface area contributed by atoms with Crippen molar-refractivity contribution in [2.75, 3.05) is 25.1 Å². The van der Waals surface area contributed by atoms with Gasteiger partial charge in [0.25, 0.3) is 5.91 Å². The normalized spacial score (nSPS) is 18.5. The number of amides is 2. The van der Waals surface area contributed by atoms with E-state index in [0.29, 0.717) is 24.5 Å². The molecule has 0 radical (unpaired) electrons. The number of ether oxygens (including phenoxy) is 2. The minimum Gasteiger partial charge on any atom is -0.482 e. The highest BCUT2D eigenvalue weighted by Crippen LogP contribution is 2.29. The number of thiophene rings is 1. The molecule has 3 heterocycles. The fourth-order valence-electron chi connectivity index (χ4n) is 3.42. The van der Waals surface area contributed by atoms with E-state index in [1.54, 1.807) is 17.4 Å². The van der Waals surface area contributed by atoms with Crippen LogP contribution in [0.25, 0.3) is 0 Å². The molecule has 0 saturated carbocycles. The molecule has 0 aliphatic carbocycles. The van der Waals surface area contributed by atoms with Crippen LogP contribution in [0.1, 0.15) is 24.0 Å². The van der Waals surface area contributed by atoms with Gasteiger partial charge in [-0.3, -0.25) is 9.59 Å². The Labute approximate surface area is 162 Å². The minimum atomic E-state index is -0.177. The van der Waals surface area contributed by atoms with Crippen molar-refractivity contribution in [2.24, 2.45) is 0 Å². The number of nitrogens with one attached hydrogen (secondary N) is 1. The van der Waals surface area contributed by atoms with Gasteiger partial charge in [0.1, 0.15) is 5.75 Å². The Balaban J connectivity index is 1.47. The summed E-state index contributed by atoms with van der Waals surface area (Å²) in [6.45, 7) is 2.00. The zero-order valence-corrected chi connectivity index (χ0v) is 15.8. The maximum atomic E-state index is 13.0. The van der Waals surface area contributed by atoms with E-state index < -0.39 is 0 Å². The van der Waals surface area contributed by atoms with Crippen LogP contribution in [0.4, 0.5) is 5.69 Å². The average Bonchev–Trinajstić information content (AvgIpc) is 3.35. The summed E-state index contributed by atoms with van der Waals surface area (Å²) < 4.78 is 11.1. The standard InChI is InChI=1S/C20H22N2O4S/c23-19-12-26-18-4-3-14(8-17(18)21-19)9-20(24)22(10-15-5-7-27-13-15)11-16-2-1-6-25-16/h3-5,7-8,13,16H,1-2,6,9-12H2,(H,21,23)/t16-/m0/s1. The molecule has 7 heteroatoms. The van der Waals surface area contributed by atoms with E-state index in [2.05, 4.69) is 10.7 Å². The van der Waals surface area contributed by atoms with Crippen molar-refractivity contribution in [3.8, 4) is 5.75 Å². The number of nitrogens with zero attached hydrogens (tertiary/aromatic N) is 1. The first-order valence-corrected chi connectivity index (χ1v) is 10.1. The molecule has 1 atom stereocenters. The summed E-state index contributed by atoms with van der Waals surface area (Å²) in [5, 5.41) is 6.89. The van der Waals surface area contributed by atoms with Crippen LogP contribution in [-0.2, 0) is 27.3 Å². The van der Waals surface area contributed by atoms with Gasteiger partial charge in [-0.15, -0.1) is 0 Å². The van der Waals surface area contributed by atoms with Crippen molar-refractivity contribution in [1.29, 1.82) is 0 Å². The van der Waals surface area contributed by atoms with Gasteiger partial charge in [-0.2, -0.15) is 11.3 Å². The lowest BCUT2D eigenvalue weighted by Crippen LogP contribution is -2.37. The van der Waals surface area contributed by atoms with Crippen molar-refractivity contribution in [3.05, 3.63) is 46.2 Å². The Kier molecular flexibility index (Phi) is 5.40. The number of hydrogen-bond acceptors (Lipinski definition) is 5. The highest BCUT2D eigenvalue weighted by Gasteiger charge is 2.24. The molecule has 2 amide bonds. The Bertz CT molecular complexity index is 815. The van der Waals surface area contributed by atoms with Crippen LogP contribution in [0.2, 0.25) is 0 Å². The molecule has 2 aliphatic rings. The van der Waals surface area contributed by atoms with Gasteiger partial charge in [0.2, 0.25) is 5.91 Å². The number of benzene rings is 1. The first-order chi connectivity index (χ1) is 13.2. The zero-order chi connectivity index (χ0) is 18.6. The van der Waals surface area contributed by atoms with E-state index in [-0.39, 0.29) is 30.9 Å². The van der Waals surface area contributed by atoms with Gasteiger partial charge in [0.05, 0.1) is 18.2 Å². The van der Waals surface area contributed by atoms with Gasteiger partial charge in [-0.05, 0) is 52.9 Å². The average molecular weight is 386 g/mol. The Morgan fingerprint density at radius 1 is 1.30 bits per heavy atom. The first kappa shape index (κ1) is 18.0. The van der Waals surface area contributed by atoms with Crippen LogP contribution in [0.5, 0.6) is 5.75 Å². The van der Waals surface area contributed by atoms with Gasteiger partial charge in [-0.25, -0.2) is 0 Å². The minimum absolute atomic E-state index is 0.0289. The molecule has 1 aromatic carbocycles. The van der Waals surface area contributed by atoms with Gasteiger partial charge < -0.3 is 19.7 Å². The molecule has 6 nitrogen and oxygen atoms in total. The summed E-state index contributed by atoms with van der Waals surface area (Å²) in [5.41, 5.74) is 2.62. The molecule has 1 N–H and O–H groups in total. The quantitative estimate of drug-likeness (QED) is 0.829. The predicted molar refractivity (Wildman–Crippen MR) is 103 cm³/mol. The number of anilines is 1. The lowest BCUT2D eigenvalue weighted by atomic mass is 10.1. The highest BCUT2D eigenvalue weighted by molar-refractivity contribution is 7.07. The Hall–Kier alpha value is -2.38. The Morgan fingerprint density at radius 3 is 3.00 bits per heavy atom. The van der Waals surface area contributed by atoms with E-state index in [9.17, 15) is 9.59 Å². The molecule has 0 spiro atoms. The van der Waals surface area contributed by atoms with E-state index in [1.807, 2.05) is 28.5 Å². The van der Waals surface area contributed by atoms with E-state index >= 15 is 0 Å². The molecule has 4 rings (SSSR count). The van der Waals surface area contributed by atoms with Crippen molar-refractivity contribution < 1.29 is 19.1 Å².